The molecule has 6 nitrogen and oxygen atoms in total. The van der Waals surface area contributed by atoms with Gasteiger partial charge in [-0.3, -0.25) is 0 Å². The van der Waals surface area contributed by atoms with E-state index in [9.17, 15) is 5.11 Å². The highest BCUT2D eigenvalue weighted by Crippen LogP contribution is 2.20. The van der Waals surface area contributed by atoms with Gasteiger partial charge >= 0.3 is 0 Å². The molecule has 0 bridgehead atoms. The van der Waals surface area contributed by atoms with Crippen molar-refractivity contribution in [2.75, 3.05) is 23.9 Å². The third-order valence-electron chi connectivity index (χ3n) is 2.44. The molecule has 1 heterocycles. The fourth-order valence-electron chi connectivity index (χ4n) is 1.46. The minimum atomic E-state index is -0.309. The maximum Gasteiger partial charge on any atom is 0.148 e. The third-order valence-corrected chi connectivity index (χ3v) is 2.44. The number of nitrogens with zero attached hydrogens (tertiary/aromatic N) is 3. The lowest BCUT2D eigenvalue weighted by Crippen LogP contribution is -2.24. The van der Waals surface area contributed by atoms with E-state index in [-0.39, 0.29) is 6.10 Å². The summed E-state index contributed by atoms with van der Waals surface area (Å²) in [6.45, 7) is 4.41. The van der Waals surface area contributed by atoms with Crippen LogP contribution in [0.5, 0.6) is 0 Å². The lowest BCUT2D eigenvalue weighted by atomic mass is 10.2. The lowest BCUT2D eigenvalue weighted by molar-refractivity contribution is 0.187. The molecule has 0 aliphatic carbocycles. The van der Waals surface area contributed by atoms with Gasteiger partial charge in [0.25, 0.3) is 0 Å². The van der Waals surface area contributed by atoms with Crippen molar-refractivity contribution in [2.24, 2.45) is 5.84 Å². The molecule has 0 amide bonds. The molecule has 0 fully saturated rings. The smallest absolute Gasteiger partial charge is 0.148 e. The second kappa shape index (κ2) is 5.62. The van der Waals surface area contributed by atoms with Gasteiger partial charge in [-0.2, -0.15) is 0 Å². The number of anilines is 2. The molecule has 1 unspecified atom stereocenters. The first-order valence-corrected chi connectivity index (χ1v) is 5.23. The molecule has 0 saturated heterocycles. The van der Waals surface area contributed by atoms with Crippen LogP contribution in [0.3, 0.4) is 0 Å². The van der Waals surface area contributed by atoms with Crippen molar-refractivity contribution in [2.45, 2.75) is 26.4 Å². The Labute approximate surface area is 95.5 Å². The van der Waals surface area contributed by atoms with E-state index in [1.165, 1.54) is 6.33 Å². The largest absolute Gasteiger partial charge is 0.393 e. The zero-order chi connectivity index (χ0) is 12.1. The van der Waals surface area contributed by atoms with Crippen molar-refractivity contribution in [1.82, 2.24) is 9.97 Å². The zero-order valence-corrected chi connectivity index (χ0v) is 9.94. The van der Waals surface area contributed by atoms with Gasteiger partial charge in [-0.15, -0.1) is 0 Å². The number of hydrazine groups is 1. The first-order chi connectivity index (χ1) is 7.56. The summed E-state index contributed by atoms with van der Waals surface area (Å²) in [5, 5.41) is 9.23. The molecule has 1 aromatic heterocycles. The van der Waals surface area contributed by atoms with Crippen molar-refractivity contribution < 1.29 is 5.11 Å². The highest BCUT2D eigenvalue weighted by Gasteiger charge is 2.10. The minimum Gasteiger partial charge on any atom is -0.393 e. The van der Waals surface area contributed by atoms with Gasteiger partial charge < -0.3 is 15.4 Å². The second-order valence-electron chi connectivity index (χ2n) is 3.87. The maximum atomic E-state index is 9.23. The van der Waals surface area contributed by atoms with E-state index in [0.717, 1.165) is 17.9 Å². The summed E-state index contributed by atoms with van der Waals surface area (Å²) in [7, 11) is 1.93. The standard InChI is InChI=1S/C10H19N5O/c1-7(16)4-5-15(3)10-8(2)9(14-11)12-6-13-10/h6-7,16H,4-5,11H2,1-3H3,(H,12,13,14). The molecule has 16 heavy (non-hydrogen) atoms. The summed E-state index contributed by atoms with van der Waals surface area (Å²) < 4.78 is 0. The molecular formula is C10H19N5O. The topological polar surface area (TPSA) is 87.3 Å². The SMILES string of the molecule is Cc1c(NN)ncnc1N(C)CCC(C)O. The van der Waals surface area contributed by atoms with E-state index < -0.39 is 0 Å². The molecule has 0 aliphatic rings. The van der Waals surface area contributed by atoms with Crippen LogP contribution in [0.1, 0.15) is 18.9 Å². The van der Waals surface area contributed by atoms with Crippen LogP contribution in [-0.4, -0.2) is 34.8 Å². The van der Waals surface area contributed by atoms with Crippen LogP contribution in [0.4, 0.5) is 11.6 Å². The first kappa shape index (κ1) is 12.7. The molecule has 90 valence electrons. The minimum absolute atomic E-state index is 0.309. The molecule has 0 aliphatic heterocycles. The summed E-state index contributed by atoms with van der Waals surface area (Å²) >= 11 is 0. The van der Waals surface area contributed by atoms with E-state index >= 15 is 0 Å². The van der Waals surface area contributed by atoms with E-state index in [1.54, 1.807) is 6.92 Å². The van der Waals surface area contributed by atoms with E-state index in [4.69, 9.17) is 5.84 Å². The van der Waals surface area contributed by atoms with Gasteiger partial charge in [0.15, 0.2) is 0 Å². The monoisotopic (exact) mass is 225 g/mol. The lowest BCUT2D eigenvalue weighted by Gasteiger charge is -2.21. The van der Waals surface area contributed by atoms with Gasteiger partial charge in [0.05, 0.1) is 6.10 Å². The number of nitrogen functional groups attached to an aromatic ring is 1. The number of hydrogen-bond donors (Lipinski definition) is 3. The molecular weight excluding hydrogens is 206 g/mol. The Morgan fingerprint density at radius 3 is 2.81 bits per heavy atom. The van der Waals surface area contributed by atoms with Crippen molar-refractivity contribution in [3.05, 3.63) is 11.9 Å². The molecule has 1 atom stereocenters. The summed E-state index contributed by atoms with van der Waals surface area (Å²) in [5.41, 5.74) is 3.43. The molecule has 0 spiro atoms. The van der Waals surface area contributed by atoms with Crippen molar-refractivity contribution >= 4 is 11.6 Å². The quantitative estimate of drug-likeness (QED) is 0.493. The van der Waals surface area contributed by atoms with Gasteiger partial charge in [0.2, 0.25) is 0 Å². The predicted octanol–water partition coefficient (Wildman–Crippen LogP) is 0.278. The second-order valence-corrected chi connectivity index (χ2v) is 3.87. The van der Waals surface area contributed by atoms with E-state index in [1.807, 2.05) is 18.9 Å². The molecule has 0 aromatic carbocycles. The van der Waals surface area contributed by atoms with Crippen LogP contribution in [0.15, 0.2) is 6.33 Å². The average molecular weight is 225 g/mol. The highest BCUT2D eigenvalue weighted by atomic mass is 16.3. The molecule has 1 rings (SSSR count). The van der Waals surface area contributed by atoms with Gasteiger partial charge in [-0.1, -0.05) is 0 Å². The summed E-state index contributed by atoms with van der Waals surface area (Å²) in [6, 6.07) is 0. The predicted molar refractivity (Wildman–Crippen MR) is 64.1 cm³/mol. The Kier molecular flexibility index (Phi) is 4.45. The third kappa shape index (κ3) is 3.04. The number of nitrogens with two attached hydrogens (primary N) is 1. The van der Waals surface area contributed by atoms with Gasteiger partial charge in [-0.05, 0) is 20.3 Å². The van der Waals surface area contributed by atoms with Crippen LogP contribution in [-0.2, 0) is 0 Å². The average Bonchev–Trinajstić information content (AvgIpc) is 2.26. The van der Waals surface area contributed by atoms with Crippen LogP contribution >= 0.6 is 0 Å². The van der Waals surface area contributed by atoms with Gasteiger partial charge in [-0.25, -0.2) is 15.8 Å². The molecule has 1 aromatic rings. The number of nitrogens with one attached hydrogen (secondary N) is 1. The Morgan fingerprint density at radius 2 is 2.25 bits per heavy atom. The van der Waals surface area contributed by atoms with Gasteiger partial charge in [0.1, 0.15) is 18.0 Å². The molecule has 0 radical (unpaired) electrons. The van der Waals surface area contributed by atoms with Crippen molar-refractivity contribution in [1.29, 1.82) is 0 Å². The Balaban J connectivity index is 2.78. The van der Waals surface area contributed by atoms with E-state index in [0.29, 0.717) is 12.2 Å². The van der Waals surface area contributed by atoms with Crippen LogP contribution in [0, 0.1) is 6.92 Å². The van der Waals surface area contributed by atoms with Crippen LogP contribution < -0.4 is 16.2 Å². The number of hydrogen-bond acceptors (Lipinski definition) is 6. The summed E-state index contributed by atoms with van der Waals surface area (Å²) in [5.74, 6) is 6.79. The van der Waals surface area contributed by atoms with Gasteiger partial charge in [0, 0.05) is 19.2 Å². The molecule has 4 N–H and O–H groups in total. The Bertz CT molecular complexity index is 342. The normalized spacial score (nSPS) is 12.3. The Morgan fingerprint density at radius 1 is 1.56 bits per heavy atom. The fourth-order valence-corrected chi connectivity index (χ4v) is 1.46. The Hall–Kier alpha value is -1.40. The van der Waals surface area contributed by atoms with Crippen LogP contribution in [0.25, 0.3) is 0 Å². The number of aliphatic hydroxyl groups excluding tert-OH is 1. The fraction of sp³-hybridized carbons (Fsp3) is 0.600. The number of aromatic nitrogens is 2. The zero-order valence-electron chi connectivity index (χ0n) is 9.94. The van der Waals surface area contributed by atoms with E-state index in [2.05, 4.69) is 15.4 Å². The van der Waals surface area contributed by atoms with Crippen LogP contribution in [0.2, 0.25) is 0 Å². The molecule has 6 heteroatoms. The summed E-state index contributed by atoms with van der Waals surface area (Å²) in [6.07, 6.45) is 1.86. The first-order valence-electron chi connectivity index (χ1n) is 5.23. The number of rotatable bonds is 5. The van der Waals surface area contributed by atoms with Crippen molar-refractivity contribution in [3.8, 4) is 0 Å². The number of aliphatic hydroxyl groups is 1. The molecule has 0 saturated carbocycles. The maximum absolute atomic E-state index is 9.23. The van der Waals surface area contributed by atoms with Crippen molar-refractivity contribution in [3.63, 3.8) is 0 Å². The highest BCUT2D eigenvalue weighted by molar-refractivity contribution is 5.56. The summed E-state index contributed by atoms with van der Waals surface area (Å²) in [4.78, 5) is 10.2.